The van der Waals surface area contributed by atoms with Gasteiger partial charge in [-0.2, -0.15) is 23.3 Å². The van der Waals surface area contributed by atoms with E-state index >= 15 is 0 Å². The molecule has 0 saturated carbocycles. The highest BCUT2D eigenvalue weighted by Crippen LogP contribution is 2.30. The summed E-state index contributed by atoms with van der Waals surface area (Å²) < 4.78 is 54.0. The summed E-state index contributed by atoms with van der Waals surface area (Å²) in [4.78, 5) is 12.0. The zero-order valence-corrected chi connectivity index (χ0v) is 16.1. The standard InChI is InChI=1S/C18H17F2N5O3S/c1-12-16(9-21-24(12)18(19)20)29(27,28)23-10-14(11-23)25-17(26)8-7-15(22-25)13-5-3-2-4-6-13/h2-9,14,18H,10-11H2,1H3. The highest BCUT2D eigenvalue weighted by atomic mass is 32.2. The molecule has 0 aliphatic carbocycles. The molecule has 0 spiro atoms. The minimum atomic E-state index is -3.99. The van der Waals surface area contributed by atoms with E-state index in [0.717, 1.165) is 16.1 Å². The van der Waals surface area contributed by atoms with Gasteiger partial charge in [0.25, 0.3) is 5.56 Å². The quantitative estimate of drug-likeness (QED) is 0.629. The second-order valence-corrected chi connectivity index (χ2v) is 8.57. The van der Waals surface area contributed by atoms with Crippen LogP contribution in [0.4, 0.5) is 8.78 Å². The molecule has 0 radical (unpaired) electrons. The van der Waals surface area contributed by atoms with Crippen molar-refractivity contribution in [3.05, 3.63) is 64.7 Å². The predicted molar refractivity (Wildman–Crippen MR) is 99.9 cm³/mol. The van der Waals surface area contributed by atoms with Gasteiger partial charge in [-0.1, -0.05) is 30.3 Å². The van der Waals surface area contributed by atoms with Crippen molar-refractivity contribution in [2.24, 2.45) is 0 Å². The highest BCUT2D eigenvalue weighted by molar-refractivity contribution is 7.89. The smallest absolute Gasteiger partial charge is 0.268 e. The van der Waals surface area contributed by atoms with E-state index in [4.69, 9.17) is 0 Å². The molecule has 0 unspecified atom stereocenters. The molecule has 1 aliphatic rings. The summed E-state index contributed by atoms with van der Waals surface area (Å²) in [5.74, 6) is 0. The molecule has 0 bridgehead atoms. The molecule has 0 amide bonds. The van der Waals surface area contributed by atoms with E-state index in [-0.39, 0.29) is 29.2 Å². The molecule has 8 nitrogen and oxygen atoms in total. The van der Waals surface area contributed by atoms with Crippen LogP contribution in [0.25, 0.3) is 11.3 Å². The van der Waals surface area contributed by atoms with Crippen molar-refractivity contribution in [3.8, 4) is 11.3 Å². The number of benzene rings is 1. The van der Waals surface area contributed by atoms with Crippen LogP contribution in [0.1, 0.15) is 18.3 Å². The third-order valence-electron chi connectivity index (χ3n) is 4.87. The number of hydrogen-bond acceptors (Lipinski definition) is 5. The van der Waals surface area contributed by atoms with Crippen molar-refractivity contribution in [2.45, 2.75) is 24.4 Å². The molecular formula is C18H17F2N5O3S. The van der Waals surface area contributed by atoms with Crippen LogP contribution in [0.3, 0.4) is 0 Å². The third-order valence-corrected chi connectivity index (χ3v) is 6.81. The molecule has 29 heavy (non-hydrogen) atoms. The second kappa shape index (κ2) is 7.16. The summed E-state index contributed by atoms with van der Waals surface area (Å²) >= 11 is 0. The molecule has 1 aliphatic heterocycles. The minimum Gasteiger partial charge on any atom is -0.268 e. The van der Waals surface area contributed by atoms with Gasteiger partial charge >= 0.3 is 6.55 Å². The number of alkyl halides is 2. The fourth-order valence-corrected chi connectivity index (χ4v) is 4.88. The molecule has 0 atom stereocenters. The maximum Gasteiger partial charge on any atom is 0.333 e. The van der Waals surface area contributed by atoms with Crippen molar-refractivity contribution in [1.82, 2.24) is 23.9 Å². The molecule has 3 heterocycles. The predicted octanol–water partition coefficient (Wildman–Crippen LogP) is 2.06. The van der Waals surface area contributed by atoms with Gasteiger partial charge in [-0.3, -0.25) is 4.79 Å². The van der Waals surface area contributed by atoms with E-state index in [1.165, 1.54) is 17.7 Å². The number of aromatic nitrogens is 4. The molecule has 3 aromatic rings. The first-order chi connectivity index (χ1) is 13.8. The maximum absolute atomic E-state index is 12.9. The maximum atomic E-state index is 12.9. The van der Waals surface area contributed by atoms with Crippen molar-refractivity contribution < 1.29 is 17.2 Å². The number of hydrogen-bond donors (Lipinski definition) is 0. The Bertz CT molecular complexity index is 1200. The van der Waals surface area contributed by atoms with Crippen molar-refractivity contribution >= 4 is 10.0 Å². The Labute approximate surface area is 165 Å². The molecule has 11 heteroatoms. The monoisotopic (exact) mass is 421 g/mol. The molecular weight excluding hydrogens is 404 g/mol. The van der Waals surface area contributed by atoms with Crippen molar-refractivity contribution in [2.75, 3.05) is 13.1 Å². The van der Waals surface area contributed by atoms with Gasteiger partial charge in [0.1, 0.15) is 4.90 Å². The average Bonchev–Trinajstić information content (AvgIpc) is 3.05. The molecule has 2 aromatic heterocycles. The molecule has 4 rings (SSSR count). The first-order valence-corrected chi connectivity index (χ1v) is 10.2. The van der Waals surface area contributed by atoms with Crippen LogP contribution in [0.2, 0.25) is 0 Å². The minimum absolute atomic E-state index is 0.0206. The first-order valence-electron chi connectivity index (χ1n) is 8.77. The van der Waals surface area contributed by atoms with E-state index in [1.54, 1.807) is 6.07 Å². The third kappa shape index (κ3) is 3.36. The molecule has 1 fully saturated rings. The van der Waals surface area contributed by atoms with Gasteiger partial charge in [0.05, 0.1) is 23.6 Å². The van der Waals surface area contributed by atoms with Crippen LogP contribution >= 0.6 is 0 Å². The van der Waals surface area contributed by atoms with Crippen LogP contribution < -0.4 is 5.56 Å². The lowest BCUT2D eigenvalue weighted by Gasteiger charge is -2.38. The molecule has 0 N–H and O–H groups in total. The van der Waals surface area contributed by atoms with Crippen LogP contribution in [0.5, 0.6) is 0 Å². The summed E-state index contributed by atoms with van der Waals surface area (Å²) in [7, 11) is -3.99. The average molecular weight is 421 g/mol. The largest absolute Gasteiger partial charge is 0.333 e. The lowest BCUT2D eigenvalue weighted by atomic mass is 10.1. The van der Waals surface area contributed by atoms with Gasteiger partial charge in [-0.05, 0) is 13.0 Å². The summed E-state index contributed by atoms with van der Waals surface area (Å²) in [5, 5.41) is 7.82. The summed E-state index contributed by atoms with van der Waals surface area (Å²) in [6, 6.07) is 11.9. The van der Waals surface area contributed by atoms with E-state index in [9.17, 15) is 22.0 Å². The molecule has 1 saturated heterocycles. The van der Waals surface area contributed by atoms with E-state index < -0.39 is 22.6 Å². The Morgan fingerprint density at radius 3 is 2.41 bits per heavy atom. The Morgan fingerprint density at radius 1 is 1.10 bits per heavy atom. The zero-order chi connectivity index (χ0) is 20.8. The van der Waals surface area contributed by atoms with Gasteiger partial charge < -0.3 is 0 Å². The van der Waals surface area contributed by atoms with Crippen molar-refractivity contribution in [3.63, 3.8) is 0 Å². The fourth-order valence-electron chi connectivity index (χ4n) is 3.21. The van der Waals surface area contributed by atoms with Crippen LogP contribution in [0.15, 0.2) is 58.4 Å². The first kappa shape index (κ1) is 19.4. The number of rotatable bonds is 5. The van der Waals surface area contributed by atoms with E-state index in [1.807, 2.05) is 30.3 Å². The second-order valence-electron chi connectivity index (χ2n) is 6.66. The van der Waals surface area contributed by atoms with Crippen LogP contribution in [-0.4, -0.2) is 45.4 Å². The van der Waals surface area contributed by atoms with Gasteiger partial charge in [-0.25, -0.2) is 17.8 Å². The highest BCUT2D eigenvalue weighted by Gasteiger charge is 2.40. The SMILES string of the molecule is Cc1c(S(=O)(=O)N2CC(n3nc(-c4ccccc4)ccc3=O)C2)cnn1C(F)F. The summed E-state index contributed by atoms with van der Waals surface area (Å²) in [6.07, 6.45) is 0.921. The number of sulfonamides is 1. The Kier molecular flexibility index (Phi) is 4.79. The molecule has 1 aromatic carbocycles. The normalized spacial score (nSPS) is 15.6. The van der Waals surface area contributed by atoms with E-state index in [0.29, 0.717) is 10.4 Å². The topological polar surface area (TPSA) is 90.1 Å². The van der Waals surface area contributed by atoms with E-state index in [2.05, 4.69) is 10.2 Å². The number of nitrogens with zero attached hydrogens (tertiary/aromatic N) is 5. The summed E-state index contributed by atoms with van der Waals surface area (Å²) in [6.45, 7) is -1.61. The lowest BCUT2D eigenvalue weighted by Crippen LogP contribution is -2.53. The molecule has 152 valence electrons. The number of halogens is 2. The Hall–Kier alpha value is -2.92. The lowest BCUT2D eigenvalue weighted by molar-refractivity contribution is 0.0541. The zero-order valence-electron chi connectivity index (χ0n) is 15.3. The van der Waals surface area contributed by atoms with Gasteiger partial charge in [-0.15, -0.1) is 0 Å². The van der Waals surface area contributed by atoms with Crippen molar-refractivity contribution in [1.29, 1.82) is 0 Å². The van der Waals surface area contributed by atoms with Gasteiger partial charge in [0, 0.05) is 24.7 Å². The van der Waals surface area contributed by atoms with Crippen LogP contribution in [-0.2, 0) is 10.0 Å². The summed E-state index contributed by atoms with van der Waals surface area (Å²) in [5.41, 5.74) is 0.957. The van der Waals surface area contributed by atoms with Gasteiger partial charge in [0.15, 0.2) is 0 Å². The Morgan fingerprint density at radius 2 is 1.79 bits per heavy atom. The fraction of sp³-hybridized carbons (Fsp3) is 0.278. The Balaban J connectivity index is 1.56. The van der Waals surface area contributed by atoms with Gasteiger partial charge in [0.2, 0.25) is 10.0 Å². The van der Waals surface area contributed by atoms with Crippen LogP contribution in [0, 0.1) is 6.92 Å².